The van der Waals surface area contributed by atoms with Gasteiger partial charge in [0, 0.05) is 12.5 Å². The van der Waals surface area contributed by atoms with Gasteiger partial charge in [-0.2, -0.15) is 0 Å². The smallest absolute Gasteiger partial charge is 0.0735 e. The lowest BCUT2D eigenvalue weighted by Gasteiger charge is -2.33. The highest BCUT2D eigenvalue weighted by molar-refractivity contribution is 5.21. The minimum atomic E-state index is -0.212. The summed E-state index contributed by atoms with van der Waals surface area (Å²) in [7, 11) is 2.06. The van der Waals surface area contributed by atoms with Crippen molar-refractivity contribution in [2.24, 2.45) is 0 Å². The maximum absolute atomic E-state index is 9.95. The van der Waals surface area contributed by atoms with Crippen LogP contribution >= 0.6 is 0 Å². The Morgan fingerprint density at radius 1 is 1.29 bits per heavy atom. The summed E-state index contributed by atoms with van der Waals surface area (Å²) in [4.78, 5) is 2.18. The lowest BCUT2D eigenvalue weighted by Crippen LogP contribution is -2.40. The molecule has 1 saturated heterocycles. The first-order valence-electron chi connectivity index (χ1n) is 5.19. The summed E-state index contributed by atoms with van der Waals surface area (Å²) in [6, 6.07) is 10.3. The molecular weight excluding hydrogens is 174 g/mol. The number of nitrogens with zero attached hydrogens (tertiary/aromatic N) is 1. The SMILES string of the molecule is CN1CC[C@@H](c2ccccc2)[C@H](O)C1. The lowest BCUT2D eigenvalue weighted by atomic mass is 9.87. The number of hydrogen-bond acceptors (Lipinski definition) is 2. The minimum Gasteiger partial charge on any atom is -0.391 e. The van der Waals surface area contributed by atoms with E-state index in [1.807, 2.05) is 18.2 Å². The summed E-state index contributed by atoms with van der Waals surface area (Å²) >= 11 is 0. The third-order valence-electron chi connectivity index (χ3n) is 3.01. The molecule has 0 aliphatic carbocycles. The maximum atomic E-state index is 9.95. The van der Waals surface area contributed by atoms with Crippen LogP contribution in [-0.4, -0.2) is 36.2 Å². The number of rotatable bonds is 1. The van der Waals surface area contributed by atoms with Crippen molar-refractivity contribution in [1.82, 2.24) is 4.90 Å². The van der Waals surface area contributed by atoms with Crippen molar-refractivity contribution in [3.8, 4) is 0 Å². The molecule has 14 heavy (non-hydrogen) atoms. The maximum Gasteiger partial charge on any atom is 0.0735 e. The van der Waals surface area contributed by atoms with Crippen LogP contribution in [0.3, 0.4) is 0 Å². The van der Waals surface area contributed by atoms with Crippen LogP contribution in [0, 0.1) is 0 Å². The number of benzene rings is 1. The first-order chi connectivity index (χ1) is 6.77. The fraction of sp³-hybridized carbons (Fsp3) is 0.500. The van der Waals surface area contributed by atoms with E-state index in [9.17, 15) is 5.11 Å². The van der Waals surface area contributed by atoms with Crippen LogP contribution in [0.2, 0.25) is 0 Å². The van der Waals surface area contributed by atoms with Crippen LogP contribution < -0.4 is 0 Å². The fourth-order valence-electron chi connectivity index (χ4n) is 2.18. The van der Waals surface area contributed by atoms with Gasteiger partial charge in [0.25, 0.3) is 0 Å². The normalized spacial score (nSPS) is 29.0. The molecule has 2 heteroatoms. The van der Waals surface area contributed by atoms with Gasteiger partial charge in [0.15, 0.2) is 0 Å². The van der Waals surface area contributed by atoms with Gasteiger partial charge < -0.3 is 10.0 Å². The molecule has 1 aromatic carbocycles. The molecule has 2 nitrogen and oxygen atoms in total. The van der Waals surface area contributed by atoms with Crippen LogP contribution in [0.4, 0.5) is 0 Å². The molecule has 1 aliphatic heterocycles. The molecule has 2 atom stereocenters. The van der Waals surface area contributed by atoms with Gasteiger partial charge in [0.1, 0.15) is 0 Å². The Balaban J connectivity index is 2.12. The predicted molar refractivity (Wildman–Crippen MR) is 57.3 cm³/mol. The van der Waals surface area contributed by atoms with Gasteiger partial charge in [-0.1, -0.05) is 30.3 Å². The zero-order valence-electron chi connectivity index (χ0n) is 8.56. The van der Waals surface area contributed by atoms with E-state index in [0.29, 0.717) is 5.92 Å². The molecule has 0 spiro atoms. The molecule has 1 heterocycles. The highest BCUT2D eigenvalue weighted by Crippen LogP contribution is 2.27. The van der Waals surface area contributed by atoms with Gasteiger partial charge in [-0.3, -0.25) is 0 Å². The largest absolute Gasteiger partial charge is 0.391 e. The van der Waals surface area contributed by atoms with Crippen molar-refractivity contribution >= 4 is 0 Å². The molecule has 2 rings (SSSR count). The summed E-state index contributed by atoms with van der Waals surface area (Å²) in [5.74, 6) is 0.326. The van der Waals surface area contributed by atoms with E-state index in [-0.39, 0.29) is 6.10 Å². The number of hydrogen-bond donors (Lipinski definition) is 1. The van der Waals surface area contributed by atoms with E-state index >= 15 is 0 Å². The first kappa shape index (κ1) is 9.69. The van der Waals surface area contributed by atoms with Gasteiger partial charge in [0.05, 0.1) is 6.10 Å². The van der Waals surface area contributed by atoms with E-state index in [4.69, 9.17) is 0 Å². The van der Waals surface area contributed by atoms with Gasteiger partial charge >= 0.3 is 0 Å². The Hall–Kier alpha value is -0.860. The van der Waals surface area contributed by atoms with Crippen LogP contribution in [0.5, 0.6) is 0 Å². The zero-order valence-corrected chi connectivity index (χ0v) is 8.56. The number of aliphatic hydroxyl groups is 1. The van der Waals surface area contributed by atoms with Gasteiger partial charge in [-0.15, -0.1) is 0 Å². The van der Waals surface area contributed by atoms with E-state index in [1.165, 1.54) is 5.56 Å². The third-order valence-corrected chi connectivity index (χ3v) is 3.01. The van der Waals surface area contributed by atoms with Gasteiger partial charge in [-0.05, 0) is 25.6 Å². The minimum absolute atomic E-state index is 0.212. The fourth-order valence-corrected chi connectivity index (χ4v) is 2.18. The number of aliphatic hydroxyl groups excluding tert-OH is 1. The van der Waals surface area contributed by atoms with Crippen molar-refractivity contribution in [3.05, 3.63) is 35.9 Å². The molecule has 1 aromatic rings. The number of likely N-dealkylation sites (N-methyl/N-ethyl adjacent to an activating group) is 1. The zero-order chi connectivity index (χ0) is 9.97. The van der Waals surface area contributed by atoms with Crippen LogP contribution in [-0.2, 0) is 0 Å². The van der Waals surface area contributed by atoms with Crippen LogP contribution in [0.1, 0.15) is 17.9 Å². The highest BCUT2D eigenvalue weighted by Gasteiger charge is 2.26. The first-order valence-corrected chi connectivity index (χ1v) is 5.19. The second-order valence-electron chi connectivity index (χ2n) is 4.14. The van der Waals surface area contributed by atoms with Crippen LogP contribution in [0.15, 0.2) is 30.3 Å². The van der Waals surface area contributed by atoms with Crippen molar-refractivity contribution in [1.29, 1.82) is 0 Å². The van der Waals surface area contributed by atoms with Crippen molar-refractivity contribution in [2.45, 2.75) is 18.4 Å². The monoisotopic (exact) mass is 191 g/mol. The Bertz CT molecular complexity index is 286. The molecule has 76 valence electrons. The van der Waals surface area contributed by atoms with E-state index in [1.54, 1.807) is 0 Å². The third kappa shape index (κ3) is 1.97. The predicted octanol–water partition coefficient (Wildman–Crippen LogP) is 1.47. The Kier molecular flexibility index (Phi) is 2.85. The van der Waals surface area contributed by atoms with Gasteiger partial charge in [0.2, 0.25) is 0 Å². The van der Waals surface area contributed by atoms with Crippen molar-refractivity contribution in [2.75, 3.05) is 20.1 Å². The van der Waals surface area contributed by atoms with E-state index in [0.717, 1.165) is 19.5 Å². The summed E-state index contributed by atoms with van der Waals surface area (Å²) < 4.78 is 0. The quantitative estimate of drug-likeness (QED) is 0.726. The second kappa shape index (κ2) is 4.11. The molecule has 1 fully saturated rings. The Morgan fingerprint density at radius 2 is 2.00 bits per heavy atom. The van der Waals surface area contributed by atoms with E-state index in [2.05, 4.69) is 24.1 Å². The molecule has 0 bridgehead atoms. The highest BCUT2D eigenvalue weighted by atomic mass is 16.3. The number of β-amino-alcohol motifs (C(OH)–C–C–N with tert-alkyl or cyclic N) is 1. The van der Waals surface area contributed by atoms with Gasteiger partial charge in [-0.25, -0.2) is 0 Å². The molecule has 1 aliphatic rings. The summed E-state index contributed by atoms with van der Waals surface area (Å²) in [5.41, 5.74) is 1.27. The topological polar surface area (TPSA) is 23.5 Å². The summed E-state index contributed by atoms with van der Waals surface area (Å²) in [6.07, 6.45) is 0.845. The lowest BCUT2D eigenvalue weighted by molar-refractivity contribution is 0.0638. The summed E-state index contributed by atoms with van der Waals surface area (Å²) in [5, 5.41) is 9.95. The summed E-state index contributed by atoms with van der Waals surface area (Å²) in [6.45, 7) is 1.87. The molecular formula is C12H17NO. The average Bonchev–Trinajstić information content (AvgIpc) is 2.19. The Morgan fingerprint density at radius 3 is 2.64 bits per heavy atom. The Labute approximate surface area is 85.2 Å². The van der Waals surface area contributed by atoms with Crippen molar-refractivity contribution < 1.29 is 5.11 Å². The number of likely N-dealkylation sites (tertiary alicyclic amines) is 1. The van der Waals surface area contributed by atoms with Crippen LogP contribution in [0.25, 0.3) is 0 Å². The molecule has 0 unspecified atom stereocenters. The molecule has 1 N–H and O–H groups in total. The van der Waals surface area contributed by atoms with E-state index < -0.39 is 0 Å². The molecule has 0 aromatic heterocycles. The average molecular weight is 191 g/mol. The van der Waals surface area contributed by atoms with Crippen molar-refractivity contribution in [3.63, 3.8) is 0 Å². The molecule has 0 saturated carbocycles. The molecule has 0 radical (unpaired) electrons. The second-order valence-corrected chi connectivity index (χ2v) is 4.14. The number of piperidine rings is 1. The molecule has 0 amide bonds. The standard InChI is InChI=1S/C12H17NO/c1-13-8-7-11(12(14)9-13)10-5-3-2-4-6-10/h2-6,11-12,14H,7-9H2,1H3/t11-,12+/m0/s1.